The zero-order chi connectivity index (χ0) is 26.9. The van der Waals surface area contributed by atoms with Crippen LogP contribution in [0.25, 0.3) is 0 Å². The molecule has 0 bridgehead atoms. The number of alkyl halides is 3. The molecule has 6 nitrogen and oxygen atoms in total. The van der Waals surface area contributed by atoms with E-state index in [1.54, 1.807) is 11.5 Å². The second-order valence-electron chi connectivity index (χ2n) is 9.05. The molecule has 2 heterocycles. The standard InChI is InChI=1S/C29H24F3N3O3/c1-19-33-25-18-34(28(37)38-23-14-8-13-22(17-23)29(30,31)32)16-15-24(25)27(36)35(19)26(20-9-4-2-5-10-20)21-11-6-3-7-12-21/h2-14,17,26H,15-16,18H2,1H3. The minimum Gasteiger partial charge on any atom is -0.410 e. The molecule has 1 aromatic heterocycles. The summed E-state index contributed by atoms with van der Waals surface area (Å²) in [5.41, 5.74) is 1.75. The molecule has 194 valence electrons. The monoisotopic (exact) mass is 519 g/mol. The van der Waals surface area contributed by atoms with E-state index in [0.29, 0.717) is 17.1 Å². The number of carbonyl (C=O) groups excluding carboxylic acids is 1. The first-order valence-corrected chi connectivity index (χ1v) is 12.1. The molecule has 0 spiro atoms. The molecular formula is C29H24F3N3O3. The van der Waals surface area contributed by atoms with Gasteiger partial charge in [-0.2, -0.15) is 13.2 Å². The Morgan fingerprint density at radius 2 is 1.58 bits per heavy atom. The average molecular weight is 520 g/mol. The fourth-order valence-electron chi connectivity index (χ4n) is 4.74. The van der Waals surface area contributed by atoms with Gasteiger partial charge in [0.25, 0.3) is 5.56 Å². The molecular weight excluding hydrogens is 495 g/mol. The van der Waals surface area contributed by atoms with Crippen molar-refractivity contribution in [3.05, 3.63) is 129 Å². The van der Waals surface area contributed by atoms with E-state index >= 15 is 0 Å². The van der Waals surface area contributed by atoms with Crippen molar-refractivity contribution in [3.63, 3.8) is 0 Å². The molecule has 9 heteroatoms. The summed E-state index contributed by atoms with van der Waals surface area (Å²) in [6.45, 7) is 1.94. The summed E-state index contributed by atoms with van der Waals surface area (Å²) < 4.78 is 45.9. The van der Waals surface area contributed by atoms with Gasteiger partial charge in [-0.15, -0.1) is 0 Å². The second kappa shape index (κ2) is 10.2. The first kappa shape index (κ1) is 25.3. The molecule has 0 N–H and O–H groups in total. The lowest BCUT2D eigenvalue weighted by Crippen LogP contribution is -2.43. The van der Waals surface area contributed by atoms with Gasteiger partial charge >= 0.3 is 12.3 Å². The molecule has 0 atom stereocenters. The Bertz CT molecular complexity index is 1480. The number of rotatable bonds is 4. The number of aromatic nitrogens is 2. The molecule has 0 radical (unpaired) electrons. The molecule has 4 aromatic rings. The van der Waals surface area contributed by atoms with Crippen molar-refractivity contribution < 1.29 is 22.7 Å². The van der Waals surface area contributed by atoms with Crippen molar-refractivity contribution in [2.75, 3.05) is 6.54 Å². The van der Waals surface area contributed by atoms with Crippen molar-refractivity contribution in [2.45, 2.75) is 32.1 Å². The summed E-state index contributed by atoms with van der Waals surface area (Å²) in [5.74, 6) is 0.281. The Labute approximate surface area is 216 Å². The number of aryl methyl sites for hydroxylation is 1. The Balaban J connectivity index is 1.44. The van der Waals surface area contributed by atoms with Crippen molar-refractivity contribution in [1.82, 2.24) is 14.5 Å². The SMILES string of the molecule is Cc1nc2c(c(=O)n1C(c1ccccc1)c1ccccc1)CCN(C(=O)Oc1cccc(C(F)(F)F)c1)C2. The molecule has 0 saturated carbocycles. The number of hydrogen-bond donors (Lipinski definition) is 0. The highest BCUT2D eigenvalue weighted by Gasteiger charge is 2.32. The third-order valence-corrected chi connectivity index (χ3v) is 6.56. The highest BCUT2D eigenvalue weighted by molar-refractivity contribution is 5.71. The minimum atomic E-state index is -4.55. The van der Waals surface area contributed by atoms with Crippen LogP contribution in [0, 0.1) is 6.92 Å². The molecule has 3 aromatic carbocycles. The van der Waals surface area contributed by atoms with Gasteiger partial charge in [-0.25, -0.2) is 9.78 Å². The van der Waals surface area contributed by atoms with Crippen LogP contribution in [0.2, 0.25) is 0 Å². The molecule has 5 rings (SSSR count). The smallest absolute Gasteiger partial charge is 0.410 e. The van der Waals surface area contributed by atoms with E-state index in [1.807, 2.05) is 60.7 Å². The number of nitrogens with zero attached hydrogens (tertiary/aromatic N) is 3. The van der Waals surface area contributed by atoms with Crippen LogP contribution in [-0.4, -0.2) is 27.1 Å². The van der Waals surface area contributed by atoms with Crippen LogP contribution in [0.1, 0.15) is 39.8 Å². The van der Waals surface area contributed by atoms with Gasteiger partial charge in [0.15, 0.2) is 0 Å². The van der Waals surface area contributed by atoms with Gasteiger partial charge in [-0.1, -0.05) is 66.7 Å². The van der Waals surface area contributed by atoms with Gasteiger partial charge in [0, 0.05) is 12.1 Å². The van der Waals surface area contributed by atoms with E-state index in [-0.39, 0.29) is 36.9 Å². The number of halogens is 3. The molecule has 1 aliphatic rings. The van der Waals surface area contributed by atoms with Crippen LogP contribution in [0.3, 0.4) is 0 Å². The predicted octanol–water partition coefficient (Wildman–Crippen LogP) is 5.77. The lowest BCUT2D eigenvalue weighted by atomic mass is 9.97. The summed E-state index contributed by atoms with van der Waals surface area (Å²) in [6, 6.07) is 23.2. The van der Waals surface area contributed by atoms with E-state index in [2.05, 4.69) is 0 Å². The Kier molecular flexibility index (Phi) is 6.75. The van der Waals surface area contributed by atoms with E-state index in [9.17, 15) is 22.8 Å². The average Bonchev–Trinajstić information content (AvgIpc) is 2.91. The maximum atomic E-state index is 13.8. The van der Waals surface area contributed by atoms with Crippen LogP contribution < -0.4 is 10.3 Å². The number of ether oxygens (including phenoxy) is 1. The van der Waals surface area contributed by atoms with E-state index < -0.39 is 17.8 Å². The molecule has 0 unspecified atom stereocenters. The summed E-state index contributed by atoms with van der Waals surface area (Å²) >= 11 is 0. The Morgan fingerprint density at radius 1 is 0.947 bits per heavy atom. The van der Waals surface area contributed by atoms with E-state index in [0.717, 1.165) is 23.3 Å². The van der Waals surface area contributed by atoms with Crippen LogP contribution in [-0.2, 0) is 19.1 Å². The molecule has 1 aliphatic heterocycles. The first-order valence-electron chi connectivity index (χ1n) is 12.1. The number of hydrogen-bond acceptors (Lipinski definition) is 4. The molecule has 38 heavy (non-hydrogen) atoms. The minimum absolute atomic E-state index is 0.0192. The zero-order valence-corrected chi connectivity index (χ0v) is 20.5. The van der Waals surface area contributed by atoms with Gasteiger partial charge in [0.1, 0.15) is 11.6 Å². The topological polar surface area (TPSA) is 64.4 Å². The third-order valence-electron chi connectivity index (χ3n) is 6.56. The lowest BCUT2D eigenvalue weighted by molar-refractivity contribution is -0.137. The zero-order valence-electron chi connectivity index (χ0n) is 20.5. The largest absolute Gasteiger partial charge is 0.416 e. The Morgan fingerprint density at radius 3 is 2.18 bits per heavy atom. The normalized spacial score (nSPS) is 13.3. The highest BCUT2D eigenvalue weighted by Crippen LogP contribution is 2.32. The summed E-state index contributed by atoms with van der Waals surface area (Å²) in [5, 5.41) is 0. The van der Waals surface area contributed by atoms with Crippen molar-refractivity contribution in [3.8, 4) is 5.75 Å². The molecule has 0 fully saturated rings. The maximum absolute atomic E-state index is 13.8. The van der Waals surface area contributed by atoms with Gasteiger partial charge in [-0.05, 0) is 42.7 Å². The number of amides is 1. The van der Waals surface area contributed by atoms with Crippen molar-refractivity contribution in [2.24, 2.45) is 0 Å². The quantitative estimate of drug-likeness (QED) is 0.344. The maximum Gasteiger partial charge on any atom is 0.416 e. The summed E-state index contributed by atoms with van der Waals surface area (Å²) in [4.78, 5) is 32.6. The fourth-order valence-corrected chi connectivity index (χ4v) is 4.74. The second-order valence-corrected chi connectivity index (χ2v) is 9.05. The van der Waals surface area contributed by atoms with Gasteiger partial charge in [0.05, 0.1) is 23.8 Å². The van der Waals surface area contributed by atoms with Crippen LogP contribution in [0.5, 0.6) is 5.75 Å². The van der Waals surface area contributed by atoms with Crippen molar-refractivity contribution in [1.29, 1.82) is 0 Å². The van der Waals surface area contributed by atoms with E-state index in [4.69, 9.17) is 9.72 Å². The van der Waals surface area contributed by atoms with Gasteiger partial charge in [-0.3, -0.25) is 9.36 Å². The number of carbonyl (C=O) groups is 1. The number of benzene rings is 3. The van der Waals surface area contributed by atoms with E-state index in [1.165, 1.54) is 17.0 Å². The van der Waals surface area contributed by atoms with Crippen LogP contribution >= 0.6 is 0 Å². The lowest BCUT2D eigenvalue weighted by Gasteiger charge is -2.30. The van der Waals surface area contributed by atoms with Crippen LogP contribution in [0.15, 0.2) is 89.7 Å². The first-order chi connectivity index (χ1) is 18.2. The van der Waals surface area contributed by atoms with Crippen LogP contribution in [0.4, 0.5) is 18.0 Å². The fraction of sp³-hybridized carbons (Fsp3) is 0.207. The van der Waals surface area contributed by atoms with Gasteiger partial charge in [0.2, 0.25) is 0 Å². The third kappa shape index (κ3) is 5.04. The molecule has 0 saturated heterocycles. The number of fused-ring (bicyclic) bond motifs is 1. The molecule has 0 aliphatic carbocycles. The predicted molar refractivity (Wildman–Crippen MR) is 135 cm³/mol. The summed E-state index contributed by atoms with van der Waals surface area (Å²) in [6.07, 6.45) is -5.11. The Hall–Kier alpha value is -4.40. The highest BCUT2D eigenvalue weighted by atomic mass is 19.4. The summed E-state index contributed by atoms with van der Waals surface area (Å²) in [7, 11) is 0. The van der Waals surface area contributed by atoms with Gasteiger partial charge < -0.3 is 9.64 Å². The molecule has 1 amide bonds. The van der Waals surface area contributed by atoms with Crippen molar-refractivity contribution >= 4 is 6.09 Å².